The number of hydrogen-bond donors (Lipinski definition) is 5. The van der Waals surface area contributed by atoms with Gasteiger partial charge in [-0.05, 0) is 49.9 Å². The first kappa shape index (κ1) is 29.9. The maximum Gasteiger partial charge on any atom is 0.269 e. The molecule has 214 valence electrons. The highest BCUT2D eigenvalue weighted by Gasteiger charge is 2.16. The third-order valence-electron chi connectivity index (χ3n) is 5.64. The SMILES string of the molecule is CC(=O)Nc1c2cccc1OCC(=O)NCCCCNC(=O)c1cccc(n1)C(=O)NCCCCNC(=O)CO2. The molecule has 0 saturated heterocycles. The number of carbonyl (C=O) groups excluding carboxylic acids is 5. The topological polar surface area (TPSA) is 177 Å². The predicted molar refractivity (Wildman–Crippen MR) is 145 cm³/mol. The summed E-state index contributed by atoms with van der Waals surface area (Å²) in [5, 5.41) is 13.6. The molecule has 1 aliphatic rings. The molecule has 0 unspecified atom stereocenters. The van der Waals surface area contributed by atoms with Crippen molar-refractivity contribution in [1.29, 1.82) is 0 Å². The molecule has 5 N–H and O–H groups in total. The smallest absolute Gasteiger partial charge is 0.269 e. The highest BCUT2D eigenvalue weighted by molar-refractivity contribution is 5.96. The molecule has 1 aromatic carbocycles. The van der Waals surface area contributed by atoms with Crippen LogP contribution in [0, 0.1) is 0 Å². The molecule has 0 saturated carbocycles. The minimum Gasteiger partial charge on any atom is -0.481 e. The number of fused-ring (bicyclic) bond motifs is 4. The van der Waals surface area contributed by atoms with Gasteiger partial charge in [0.15, 0.2) is 13.2 Å². The molecule has 5 amide bonds. The van der Waals surface area contributed by atoms with E-state index in [0.29, 0.717) is 51.9 Å². The van der Waals surface area contributed by atoms with Crippen molar-refractivity contribution in [2.24, 2.45) is 0 Å². The first-order valence-electron chi connectivity index (χ1n) is 13.1. The van der Waals surface area contributed by atoms with E-state index in [0.717, 1.165) is 0 Å². The summed E-state index contributed by atoms with van der Waals surface area (Å²) in [5.74, 6) is -1.49. The Hall–Kier alpha value is -4.68. The van der Waals surface area contributed by atoms with E-state index in [2.05, 4.69) is 31.6 Å². The summed E-state index contributed by atoms with van der Waals surface area (Å²) in [6.45, 7) is 2.18. The summed E-state index contributed by atoms with van der Waals surface area (Å²) in [4.78, 5) is 65.3. The normalized spacial score (nSPS) is 16.6. The molecule has 0 fully saturated rings. The van der Waals surface area contributed by atoms with Crippen LogP contribution in [0.15, 0.2) is 36.4 Å². The average molecular weight is 555 g/mol. The van der Waals surface area contributed by atoms with E-state index >= 15 is 0 Å². The quantitative estimate of drug-likeness (QED) is 0.343. The summed E-state index contributed by atoms with van der Waals surface area (Å²) in [7, 11) is 0. The number of anilines is 1. The minimum atomic E-state index is -0.398. The van der Waals surface area contributed by atoms with Crippen molar-refractivity contribution in [3.63, 3.8) is 0 Å². The van der Waals surface area contributed by atoms with Gasteiger partial charge < -0.3 is 36.1 Å². The molecule has 13 heteroatoms. The number of nitrogens with zero attached hydrogens (tertiary/aromatic N) is 1. The molecule has 4 bridgehead atoms. The van der Waals surface area contributed by atoms with Crippen molar-refractivity contribution < 1.29 is 33.4 Å². The summed E-state index contributed by atoms with van der Waals surface area (Å²) in [6.07, 6.45) is 2.41. The molecule has 2 aromatic rings. The predicted octanol–water partition coefficient (Wildman–Crippen LogP) is 0.764. The lowest BCUT2D eigenvalue weighted by Gasteiger charge is -2.16. The molecule has 3 rings (SSSR count). The van der Waals surface area contributed by atoms with Gasteiger partial charge in [-0.15, -0.1) is 0 Å². The Morgan fingerprint density at radius 2 is 1.12 bits per heavy atom. The molecule has 0 spiro atoms. The summed E-state index contributed by atoms with van der Waals surface area (Å²) in [5.41, 5.74) is 0.474. The minimum absolute atomic E-state index is 0.132. The van der Waals surface area contributed by atoms with Gasteiger partial charge in [0.1, 0.15) is 28.6 Å². The molecular weight excluding hydrogens is 520 g/mol. The Labute approximate surface area is 231 Å². The van der Waals surface area contributed by atoms with Gasteiger partial charge in [-0.2, -0.15) is 0 Å². The maximum absolute atomic E-state index is 12.4. The molecule has 1 aliphatic heterocycles. The van der Waals surface area contributed by atoms with Gasteiger partial charge in [0, 0.05) is 33.1 Å². The van der Waals surface area contributed by atoms with Gasteiger partial charge in [-0.25, -0.2) is 4.98 Å². The van der Waals surface area contributed by atoms with Crippen LogP contribution in [-0.2, 0) is 14.4 Å². The second-order valence-electron chi connectivity index (χ2n) is 8.92. The number of pyridine rings is 1. The fourth-order valence-electron chi connectivity index (χ4n) is 3.67. The molecule has 0 atom stereocenters. The molecule has 2 heterocycles. The van der Waals surface area contributed by atoms with Crippen molar-refractivity contribution in [2.75, 3.05) is 44.7 Å². The third-order valence-corrected chi connectivity index (χ3v) is 5.64. The number of rotatable bonds is 1. The second kappa shape index (κ2) is 15.7. The maximum atomic E-state index is 12.4. The van der Waals surface area contributed by atoms with Crippen molar-refractivity contribution in [1.82, 2.24) is 26.3 Å². The Morgan fingerprint density at radius 3 is 1.57 bits per heavy atom. The third kappa shape index (κ3) is 9.89. The van der Waals surface area contributed by atoms with E-state index in [1.807, 2.05) is 0 Å². The number of hydrogen-bond acceptors (Lipinski definition) is 8. The Morgan fingerprint density at radius 1 is 0.700 bits per heavy atom. The van der Waals surface area contributed by atoms with Gasteiger partial charge in [0.25, 0.3) is 23.6 Å². The van der Waals surface area contributed by atoms with Gasteiger partial charge in [0.2, 0.25) is 5.91 Å². The lowest BCUT2D eigenvalue weighted by molar-refractivity contribution is -0.123. The summed E-state index contributed by atoms with van der Waals surface area (Å²) >= 11 is 0. The second-order valence-corrected chi connectivity index (χ2v) is 8.92. The number of aromatic nitrogens is 1. The molecule has 0 aliphatic carbocycles. The number of benzene rings is 1. The first-order chi connectivity index (χ1) is 19.3. The van der Waals surface area contributed by atoms with Crippen LogP contribution in [0.2, 0.25) is 0 Å². The fourth-order valence-corrected chi connectivity index (χ4v) is 3.67. The van der Waals surface area contributed by atoms with Gasteiger partial charge in [0.05, 0.1) is 0 Å². The van der Waals surface area contributed by atoms with Crippen LogP contribution in [0.1, 0.15) is 53.6 Å². The fraction of sp³-hybridized carbons (Fsp3) is 0.407. The molecule has 0 radical (unpaired) electrons. The standard InChI is InChI=1S/C27H34N6O7/c1-18(34)32-25-21-10-7-11-22(25)40-17-24(36)29-13-3-5-15-31-27(38)20-9-6-8-19(33-20)26(37)30-14-4-2-12-28-23(35)16-39-21/h6-11H,2-5,12-17H2,1H3,(H,28,35)(H,29,36)(H,30,37)(H,31,38)(H,32,34). The zero-order valence-corrected chi connectivity index (χ0v) is 22.3. The van der Waals surface area contributed by atoms with Crippen LogP contribution in [0.25, 0.3) is 0 Å². The van der Waals surface area contributed by atoms with E-state index < -0.39 is 11.8 Å². The van der Waals surface area contributed by atoms with E-state index in [-0.39, 0.29) is 59.5 Å². The van der Waals surface area contributed by atoms with E-state index in [4.69, 9.17) is 9.47 Å². The van der Waals surface area contributed by atoms with Gasteiger partial charge in [-0.3, -0.25) is 24.0 Å². The van der Waals surface area contributed by atoms with Crippen molar-refractivity contribution in [2.45, 2.75) is 32.6 Å². The zero-order valence-electron chi connectivity index (χ0n) is 22.3. The highest BCUT2D eigenvalue weighted by atomic mass is 16.5. The lowest BCUT2D eigenvalue weighted by atomic mass is 10.2. The highest BCUT2D eigenvalue weighted by Crippen LogP contribution is 2.34. The lowest BCUT2D eigenvalue weighted by Crippen LogP contribution is -2.32. The zero-order chi connectivity index (χ0) is 28.7. The summed E-state index contributed by atoms with van der Waals surface area (Å²) in [6, 6.07) is 9.42. The van der Waals surface area contributed by atoms with Gasteiger partial charge >= 0.3 is 0 Å². The van der Waals surface area contributed by atoms with E-state index in [1.165, 1.54) is 19.1 Å². The van der Waals surface area contributed by atoms with Crippen LogP contribution < -0.4 is 36.1 Å². The summed E-state index contributed by atoms with van der Waals surface area (Å²) < 4.78 is 11.2. The first-order valence-corrected chi connectivity index (χ1v) is 13.1. The van der Waals surface area contributed by atoms with Crippen LogP contribution >= 0.6 is 0 Å². The number of ether oxygens (including phenoxy) is 2. The molecule has 40 heavy (non-hydrogen) atoms. The average Bonchev–Trinajstić information content (AvgIpc) is 2.94. The van der Waals surface area contributed by atoms with Gasteiger partial charge in [-0.1, -0.05) is 12.1 Å². The van der Waals surface area contributed by atoms with Crippen LogP contribution in [0.4, 0.5) is 5.69 Å². The van der Waals surface area contributed by atoms with Crippen molar-refractivity contribution in [3.05, 3.63) is 47.8 Å². The Kier molecular flexibility index (Phi) is 11.7. The van der Waals surface area contributed by atoms with Crippen molar-refractivity contribution >= 4 is 35.2 Å². The van der Waals surface area contributed by atoms with E-state index in [9.17, 15) is 24.0 Å². The Bertz CT molecular complexity index is 1140. The van der Waals surface area contributed by atoms with Crippen LogP contribution in [0.3, 0.4) is 0 Å². The monoisotopic (exact) mass is 554 g/mol. The van der Waals surface area contributed by atoms with E-state index in [1.54, 1.807) is 24.3 Å². The number of para-hydroxylation sites is 1. The molecular formula is C27H34N6O7. The van der Waals surface area contributed by atoms with Crippen LogP contribution in [-0.4, -0.2) is 73.9 Å². The number of amides is 5. The Balaban J connectivity index is 1.65. The number of carbonyl (C=O) groups is 5. The molecule has 1 aromatic heterocycles. The molecule has 13 nitrogen and oxygen atoms in total. The number of nitrogens with one attached hydrogen (secondary N) is 5. The van der Waals surface area contributed by atoms with Crippen molar-refractivity contribution in [3.8, 4) is 11.5 Å². The largest absolute Gasteiger partial charge is 0.481 e. The van der Waals surface area contributed by atoms with Crippen LogP contribution in [0.5, 0.6) is 11.5 Å².